The van der Waals surface area contributed by atoms with Gasteiger partial charge in [-0.2, -0.15) is 11.3 Å². The largest absolute Gasteiger partial charge is 0.296 e. The SMILES string of the molecule is CCN(CC)C(CNS(=O)(=O)c1cccnc1)c1ccsc1. The molecular weight excluding hydrogens is 318 g/mol. The number of likely N-dealkylation sites (N-methyl/N-ethyl adjacent to an activating group) is 1. The normalized spacial score (nSPS) is 13.4. The fourth-order valence-corrected chi connectivity index (χ4v) is 4.07. The van der Waals surface area contributed by atoms with Crippen molar-refractivity contribution in [2.75, 3.05) is 19.6 Å². The number of nitrogens with zero attached hydrogens (tertiary/aromatic N) is 2. The zero-order valence-corrected chi connectivity index (χ0v) is 14.4. The minimum atomic E-state index is -3.53. The second-order valence-corrected chi connectivity index (χ2v) is 7.38. The predicted octanol–water partition coefficient (Wildman–Crippen LogP) is 2.50. The number of hydrogen-bond donors (Lipinski definition) is 1. The molecule has 0 saturated carbocycles. The van der Waals surface area contributed by atoms with Crippen LogP contribution in [0.4, 0.5) is 0 Å². The monoisotopic (exact) mass is 339 g/mol. The fraction of sp³-hybridized carbons (Fsp3) is 0.400. The van der Waals surface area contributed by atoms with E-state index < -0.39 is 10.0 Å². The molecule has 0 spiro atoms. The minimum Gasteiger partial charge on any atom is -0.296 e. The van der Waals surface area contributed by atoms with Crippen molar-refractivity contribution in [2.24, 2.45) is 0 Å². The summed E-state index contributed by atoms with van der Waals surface area (Å²) in [7, 11) is -3.53. The van der Waals surface area contributed by atoms with Crippen molar-refractivity contribution in [1.29, 1.82) is 0 Å². The highest BCUT2D eigenvalue weighted by molar-refractivity contribution is 7.89. The molecule has 0 aliphatic carbocycles. The maximum atomic E-state index is 12.3. The van der Waals surface area contributed by atoms with Crippen LogP contribution in [0.3, 0.4) is 0 Å². The van der Waals surface area contributed by atoms with Gasteiger partial charge in [0.25, 0.3) is 0 Å². The first-order valence-corrected chi connectivity index (χ1v) is 9.67. The van der Waals surface area contributed by atoms with Crippen LogP contribution in [0.1, 0.15) is 25.5 Å². The summed E-state index contributed by atoms with van der Waals surface area (Å²) in [4.78, 5) is 6.30. The summed E-state index contributed by atoms with van der Waals surface area (Å²) in [5.74, 6) is 0. The molecule has 0 saturated heterocycles. The number of aromatic nitrogens is 1. The Balaban J connectivity index is 2.15. The van der Waals surface area contributed by atoms with Gasteiger partial charge in [-0.05, 0) is 47.6 Å². The van der Waals surface area contributed by atoms with E-state index in [1.807, 2.05) is 11.4 Å². The van der Waals surface area contributed by atoms with Crippen LogP contribution in [0.25, 0.3) is 0 Å². The summed E-state index contributed by atoms with van der Waals surface area (Å²) < 4.78 is 27.4. The minimum absolute atomic E-state index is 0.0349. The summed E-state index contributed by atoms with van der Waals surface area (Å²) in [5.41, 5.74) is 1.14. The van der Waals surface area contributed by atoms with Gasteiger partial charge in [-0.1, -0.05) is 13.8 Å². The van der Waals surface area contributed by atoms with Gasteiger partial charge in [-0.15, -0.1) is 0 Å². The van der Waals surface area contributed by atoms with E-state index in [0.29, 0.717) is 6.54 Å². The average Bonchev–Trinajstić information content (AvgIpc) is 3.06. The van der Waals surface area contributed by atoms with Gasteiger partial charge in [0.1, 0.15) is 4.90 Å². The molecule has 1 unspecified atom stereocenters. The first-order valence-electron chi connectivity index (χ1n) is 7.24. The van der Waals surface area contributed by atoms with Crippen molar-refractivity contribution < 1.29 is 8.42 Å². The van der Waals surface area contributed by atoms with E-state index in [4.69, 9.17) is 0 Å². The maximum Gasteiger partial charge on any atom is 0.242 e. The molecule has 7 heteroatoms. The van der Waals surface area contributed by atoms with Crippen molar-refractivity contribution in [1.82, 2.24) is 14.6 Å². The molecule has 0 radical (unpaired) electrons. The van der Waals surface area contributed by atoms with Gasteiger partial charge < -0.3 is 0 Å². The summed E-state index contributed by atoms with van der Waals surface area (Å²) in [5, 5.41) is 4.09. The molecule has 2 heterocycles. The van der Waals surface area contributed by atoms with Crippen LogP contribution >= 0.6 is 11.3 Å². The third-order valence-corrected chi connectivity index (χ3v) is 5.70. The van der Waals surface area contributed by atoms with Crippen LogP contribution in [-0.4, -0.2) is 37.9 Å². The van der Waals surface area contributed by atoms with E-state index in [9.17, 15) is 8.42 Å². The molecule has 0 aliphatic rings. The highest BCUT2D eigenvalue weighted by Crippen LogP contribution is 2.22. The molecule has 2 aromatic rings. The number of rotatable bonds is 8. The second-order valence-electron chi connectivity index (χ2n) is 4.83. The second kappa shape index (κ2) is 7.82. The van der Waals surface area contributed by atoms with Crippen LogP contribution in [-0.2, 0) is 10.0 Å². The van der Waals surface area contributed by atoms with E-state index in [1.54, 1.807) is 29.7 Å². The number of sulfonamides is 1. The van der Waals surface area contributed by atoms with Gasteiger partial charge >= 0.3 is 0 Å². The molecule has 0 amide bonds. The lowest BCUT2D eigenvalue weighted by Gasteiger charge is -2.29. The van der Waals surface area contributed by atoms with E-state index in [-0.39, 0.29) is 10.9 Å². The third kappa shape index (κ3) is 4.13. The third-order valence-electron chi connectivity index (χ3n) is 3.59. The number of nitrogens with one attached hydrogen (secondary N) is 1. The van der Waals surface area contributed by atoms with Crippen LogP contribution in [0.2, 0.25) is 0 Å². The molecule has 0 aromatic carbocycles. The van der Waals surface area contributed by atoms with Crippen LogP contribution < -0.4 is 4.72 Å². The first kappa shape index (κ1) is 17.1. The van der Waals surface area contributed by atoms with E-state index in [1.165, 1.54) is 6.20 Å². The van der Waals surface area contributed by atoms with Gasteiger partial charge in [0.05, 0.1) is 0 Å². The molecular formula is C15H21N3O2S2. The Kier molecular flexibility index (Phi) is 6.07. The first-order chi connectivity index (χ1) is 10.6. The fourth-order valence-electron chi connectivity index (χ4n) is 2.36. The standard InChI is InChI=1S/C15H21N3O2S2/c1-3-18(4-2)15(13-7-9-21-12-13)11-17-22(19,20)14-6-5-8-16-10-14/h5-10,12,15,17H,3-4,11H2,1-2H3. The molecule has 22 heavy (non-hydrogen) atoms. The number of thiophene rings is 1. The Morgan fingerprint density at radius 2 is 2.09 bits per heavy atom. The lowest BCUT2D eigenvalue weighted by Crippen LogP contribution is -2.37. The topological polar surface area (TPSA) is 62.3 Å². The van der Waals surface area contributed by atoms with Gasteiger partial charge in [0, 0.05) is 25.0 Å². The molecule has 120 valence electrons. The molecule has 2 rings (SSSR count). The predicted molar refractivity (Wildman–Crippen MR) is 89.4 cm³/mol. The van der Waals surface area contributed by atoms with E-state index in [0.717, 1.165) is 18.7 Å². The van der Waals surface area contributed by atoms with Gasteiger partial charge in [-0.25, -0.2) is 13.1 Å². The van der Waals surface area contributed by atoms with Crippen molar-refractivity contribution in [2.45, 2.75) is 24.8 Å². The smallest absolute Gasteiger partial charge is 0.242 e. The molecule has 0 fully saturated rings. The van der Waals surface area contributed by atoms with Crippen molar-refractivity contribution in [3.8, 4) is 0 Å². The summed E-state index contributed by atoms with van der Waals surface area (Å²) in [6.07, 6.45) is 2.92. The Morgan fingerprint density at radius 1 is 1.32 bits per heavy atom. The molecule has 0 aliphatic heterocycles. The molecule has 5 nitrogen and oxygen atoms in total. The summed E-state index contributed by atoms with van der Waals surface area (Å²) >= 11 is 1.62. The quantitative estimate of drug-likeness (QED) is 0.803. The Bertz CT molecular complexity index is 653. The highest BCUT2D eigenvalue weighted by atomic mass is 32.2. The van der Waals surface area contributed by atoms with Crippen molar-refractivity contribution in [3.63, 3.8) is 0 Å². The van der Waals surface area contributed by atoms with Crippen LogP contribution in [0.5, 0.6) is 0 Å². The molecule has 0 bridgehead atoms. The number of pyridine rings is 1. The van der Waals surface area contributed by atoms with E-state index >= 15 is 0 Å². The average molecular weight is 339 g/mol. The van der Waals surface area contributed by atoms with Crippen molar-refractivity contribution >= 4 is 21.4 Å². The summed E-state index contributed by atoms with van der Waals surface area (Å²) in [6, 6.07) is 5.25. The Morgan fingerprint density at radius 3 is 2.64 bits per heavy atom. The molecule has 1 N–H and O–H groups in total. The van der Waals surface area contributed by atoms with E-state index in [2.05, 4.69) is 33.8 Å². The van der Waals surface area contributed by atoms with Gasteiger partial charge in [-0.3, -0.25) is 9.88 Å². The molecule has 1 atom stereocenters. The number of hydrogen-bond acceptors (Lipinski definition) is 5. The van der Waals surface area contributed by atoms with Crippen LogP contribution in [0, 0.1) is 0 Å². The summed E-state index contributed by atoms with van der Waals surface area (Å²) in [6.45, 7) is 6.24. The maximum absolute atomic E-state index is 12.3. The lowest BCUT2D eigenvalue weighted by atomic mass is 10.1. The Labute approximate surface area is 136 Å². The zero-order chi connectivity index (χ0) is 16.0. The highest BCUT2D eigenvalue weighted by Gasteiger charge is 2.22. The van der Waals surface area contributed by atoms with Gasteiger partial charge in [0.2, 0.25) is 10.0 Å². The molecule has 2 aromatic heterocycles. The van der Waals surface area contributed by atoms with Crippen LogP contribution in [0.15, 0.2) is 46.2 Å². The lowest BCUT2D eigenvalue weighted by molar-refractivity contribution is 0.220. The Hall–Kier alpha value is -1.28. The van der Waals surface area contributed by atoms with Crippen molar-refractivity contribution in [3.05, 3.63) is 46.9 Å². The zero-order valence-electron chi connectivity index (χ0n) is 12.8. The van der Waals surface area contributed by atoms with Gasteiger partial charge in [0.15, 0.2) is 0 Å².